The van der Waals surface area contributed by atoms with E-state index in [0.29, 0.717) is 35.3 Å². The third-order valence-corrected chi connectivity index (χ3v) is 3.70. The molecule has 6 nitrogen and oxygen atoms in total. The molecule has 0 amide bonds. The van der Waals surface area contributed by atoms with Gasteiger partial charge in [-0.25, -0.2) is 9.78 Å². The van der Waals surface area contributed by atoms with Crippen LogP contribution in [-0.2, 0) is 11.3 Å². The average Bonchev–Trinajstić information content (AvgIpc) is 2.86. The lowest BCUT2D eigenvalue weighted by atomic mass is 10.2. The first-order chi connectivity index (χ1) is 10.2. The molecule has 112 valence electrons. The van der Waals surface area contributed by atoms with Gasteiger partial charge in [-0.15, -0.1) is 0 Å². The van der Waals surface area contributed by atoms with Gasteiger partial charge in [-0.2, -0.15) is 4.37 Å². The Morgan fingerprint density at radius 3 is 3.00 bits per heavy atom. The zero-order chi connectivity index (χ0) is 15.2. The van der Waals surface area contributed by atoms with Gasteiger partial charge in [0.1, 0.15) is 10.6 Å². The number of rotatable bonds is 6. The highest BCUT2D eigenvalue weighted by Crippen LogP contribution is 2.26. The molecule has 0 atom stereocenters. The highest BCUT2D eigenvalue weighted by atomic mass is 32.1. The molecule has 7 heteroatoms. The number of aryl methyl sites for hydroxylation is 1. The summed E-state index contributed by atoms with van der Waals surface area (Å²) in [7, 11) is 1.57. The first-order valence-electron chi connectivity index (χ1n) is 6.51. The van der Waals surface area contributed by atoms with Crippen LogP contribution in [-0.4, -0.2) is 29.0 Å². The summed E-state index contributed by atoms with van der Waals surface area (Å²) in [4.78, 5) is 16.0. The van der Waals surface area contributed by atoms with Crippen LogP contribution in [0.15, 0.2) is 18.3 Å². The number of nitrogens with one attached hydrogen (secondary N) is 1. The van der Waals surface area contributed by atoms with Gasteiger partial charge in [0.15, 0.2) is 0 Å². The van der Waals surface area contributed by atoms with E-state index >= 15 is 0 Å². The van der Waals surface area contributed by atoms with Crippen LogP contribution in [0.25, 0.3) is 0 Å². The maximum atomic E-state index is 11.9. The molecule has 0 spiro atoms. The Kier molecular flexibility index (Phi) is 5.10. The number of carbonyl (C=O) groups is 1. The molecule has 0 radical (unpaired) electrons. The number of nitrogens with zero attached hydrogens (tertiary/aromatic N) is 2. The van der Waals surface area contributed by atoms with Gasteiger partial charge in [-0.3, -0.25) is 0 Å². The molecule has 0 aliphatic rings. The van der Waals surface area contributed by atoms with Crippen LogP contribution in [0.2, 0.25) is 0 Å². The molecule has 0 saturated heterocycles. The van der Waals surface area contributed by atoms with Crippen molar-refractivity contribution in [3.63, 3.8) is 0 Å². The van der Waals surface area contributed by atoms with Crippen molar-refractivity contribution in [3.8, 4) is 5.88 Å². The van der Waals surface area contributed by atoms with Crippen molar-refractivity contribution in [2.24, 2.45) is 0 Å². The Labute approximate surface area is 127 Å². The number of hydrogen-bond donors (Lipinski definition) is 1. The first-order valence-corrected chi connectivity index (χ1v) is 7.29. The largest absolute Gasteiger partial charge is 0.481 e. The summed E-state index contributed by atoms with van der Waals surface area (Å²) >= 11 is 1.25. The number of hydrogen-bond acceptors (Lipinski definition) is 7. The van der Waals surface area contributed by atoms with Crippen molar-refractivity contribution in [2.45, 2.75) is 20.4 Å². The SMILES string of the molecule is CCOC(=O)c1c(C)nsc1NCc1ccnc(OC)c1. The Hall–Kier alpha value is -2.15. The minimum absolute atomic E-state index is 0.342. The monoisotopic (exact) mass is 307 g/mol. The summed E-state index contributed by atoms with van der Waals surface area (Å²) in [6.45, 7) is 4.47. The van der Waals surface area contributed by atoms with E-state index in [1.54, 1.807) is 27.2 Å². The highest BCUT2D eigenvalue weighted by Gasteiger charge is 2.19. The maximum Gasteiger partial charge on any atom is 0.343 e. The summed E-state index contributed by atoms with van der Waals surface area (Å²) in [5.74, 6) is 0.207. The predicted molar refractivity (Wildman–Crippen MR) is 80.9 cm³/mol. The lowest BCUT2D eigenvalue weighted by Crippen LogP contribution is -2.09. The summed E-state index contributed by atoms with van der Waals surface area (Å²) in [6, 6.07) is 3.72. The first kappa shape index (κ1) is 15.2. The topological polar surface area (TPSA) is 73.3 Å². The van der Waals surface area contributed by atoms with Crippen molar-refractivity contribution in [2.75, 3.05) is 19.0 Å². The summed E-state index contributed by atoms with van der Waals surface area (Å²) in [5, 5.41) is 3.92. The molecule has 0 aliphatic heterocycles. The van der Waals surface area contributed by atoms with Gasteiger partial charge in [0, 0.05) is 18.8 Å². The van der Waals surface area contributed by atoms with E-state index < -0.39 is 0 Å². The van der Waals surface area contributed by atoms with Gasteiger partial charge >= 0.3 is 5.97 Å². The van der Waals surface area contributed by atoms with Crippen LogP contribution < -0.4 is 10.1 Å². The van der Waals surface area contributed by atoms with Gasteiger partial charge in [0.2, 0.25) is 5.88 Å². The van der Waals surface area contributed by atoms with Gasteiger partial charge < -0.3 is 14.8 Å². The van der Waals surface area contributed by atoms with Gasteiger partial charge in [0.25, 0.3) is 0 Å². The number of methoxy groups -OCH3 is 1. The maximum absolute atomic E-state index is 11.9. The molecule has 21 heavy (non-hydrogen) atoms. The van der Waals surface area contributed by atoms with Crippen LogP contribution in [0.5, 0.6) is 5.88 Å². The molecular weight excluding hydrogens is 290 g/mol. The predicted octanol–water partition coefficient (Wildman–Crippen LogP) is 2.64. The van der Waals surface area contributed by atoms with Gasteiger partial charge in [-0.05, 0) is 37.0 Å². The van der Waals surface area contributed by atoms with E-state index in [1.807, 2.05) is 12.1 Å². The third kappa shape index (κ3) is 3.69. The normalized spacial score (nSPS) is 10.2. The smallest absolute Gasteiger partial charge is 0.343 e. The lowest BCUT2D eigenvalue weighted by molar-refractivity contribution is 0.0527. The molecule has 2 aromatic rings. The standard InChI is InChI=1S/C14H17N3O3S/c1-4-20-14(18)12-9(2)17-21-13(12)16-8-10-5-6-15-11(7-10)19-3/h5-7,16H,4,8H2,1-3H3. The zero-order valence-electron chi connectivity index (χ0n) is 12.2. The summed E-state index contributed by atoms with van der Waals surface area (Å²) in [6.07, 6.45) is 1.68. The highest BCUT2D eigenvalue weighted by molar-refractivity contribution is 7.10. The van der Waals surface area contributed by atoms with E-state index in [0.717, 1.165) is 5.56 Å². The minimum atomic E-state index is -0.349. The molecule has 0 bridgehead atoms. The number of esters is 1. The Balaban J connectivity index is 2.11. The third-order valence-electron chi connectivity index (χ3n) is 2.80. The molecular formula is C14H17N3O3S. The fourth-order valence-electron chi connectivity index (χ4n) is 1.79. The second-order valence-corrected chi connectivity index (χ2v) is 5.03. The molecule has 0 aromatic carbocycles. The van der Waals surface area contributed by atoms with E-state index in [1.165, 1.54) is 11.5 Å². The number of aromatic nitrogens is 2. The fraction of sp³-hybridized carbons (Fsp3) is 0.357. The summed E-state index contributed by atoms with van der Waals surface area (Å²) < 4.78 is 14.3. The molecule has 2 heterocycles. The molecule has 0 fully saturated rings. The van der Waals surface area contributed by atoms with E-state index in [2.05, 4.69) is 14.7 Å². The molecule has 0 aliphatic carbocycles. The van der Waals surface area contributed by atoms with E-state index in [9.17, 15) is 4.79 Å². The van der Waals surface area contributed by atoms with Crippen molar-refractivity contribution in [1.82, 2.24) is 9.36 Å². The molecule has 2 rings (SSSR count). The number of carbonyl (C=O) groups excluding carboxylic acids is 1. The van der Waals surface area contributed by atoms with E-state index in [-0.39, 0.29) is 5.97 Å². The van der Waals surface area contributed by atoms with Crippen molar-refractivity contribution in [1.29, 1.82) is 0 Å². The van der Waals surface area contributed by atoms with Crippen LogP contribution in [0.3, 0.4) is 0 Å². The Morgan fingerprint density at radius 2 is 2.29 bits per heavy atom. The number of ether oxygens (including phenoxy) is 2. The van der Waals surface area contributed by atoms with Crippen molar-refractivity contribution < 1.29 is 14.3 Å². The van der Waals surface area contributed by atoms with Crippen LogP contribution >= 0.6 is 11.5 Å². The van der Waals surface area contributed by atoms with Crippen LogP contribution in [0.4, 0.5) is 5.00 Å². The number of anilines is 1. The minimum Gasteiger partial charge on any atom is -0.481 e. The fourth-order valence-corrected chi connectivity index (χ4v) is 2.57. The average molecular weight is 307 g/mol. The number of pyridine rings is 1. The molecule has 0 saturated carbocycles. The molecule has 0 unspecified atom stereocenters. The van der Waals surface area contributed by atoms with Gasteiger partial charge in [0.05, 0.1) is 19.4 Å². The van der Waals surface area contributed by atoms with Gasteiger partial charge in [-0.1, -0.05) is 0 Å². The van der Waals surface area contributed by atoms with Crippen molar-refractivity contribution in [3.05, 3.63) is 35.2 Å². The van der Waals surface area contributed by atoms with E-state index in [4.69, 9.17) is 9.47 Å². The lowest BCUT2D eigenvalue weighted by Gasteiger charge is -2.07. The Morgan fingerprint density at radius 1 is 1.48 bits per heavy atom. The molecule has 2 aromatic heterocycles. The van der Waals surface area contributed by atoms with Crippen LogP contribution in [0.1, 0.15) is 28.5 Å². The Bertz CT molecular complexity index is 628. The summed E-state index contributed by atoms with van der Waals surface area (Å²) in [5.41, 5.74) is 2.18. The van der Waals surface area contributed by atoms with Crippen LogP contribution in [0, 0.1) is 6.92 Å². The second-order valence-electron chi connectivity index (χ2n) is 4.25. The second kappa shape index (κ2) is 7.03. The molecule has 1 N–H and O–H groups in total. The van der Waals surface area contributed by atoms with Crippen molar-refractivity contribution >= 4 is 22.5 Å². The quantitative estimate of drug-likeness (QED) is 0.827. The zero-order valence-corrected chi connectivity index (χ0v) is 13.0.